The maximum atomic E-state index is 10.6. The molecule has 4 nitrogen and oxygen atoms in total. The molecular formula is C10H18O4. The predicted molar refractivity (Wildman–Crippen MR) is 51.3 cm³/mol. The lowest BCUT2D eigenvalue weighted by atomic mass is 9.77. The van der Waals surface area contributed by atoms with Crippen LogP contribution in [0.2, 0.25) is 0 Å². The first-order valence-corrected chi connectivity index (χ1v) is 4.96. The quantitative estimate of drug-likeness (QED) is 0.708. The van der Waals surface area contributed by atoms with Crippen molar-refractivity contribution in [3.8, 4) is 0 Å². The molecule has 0 heterocycles. The van der Waals surface area contributed by atoms with Crippen LogP contribution in [-0.4, -0.2) is 36.5 Å². The van der Waals surface area contributed by atoms with E-state index in [1.165, 1.54) is 0 Å². The van der Waals surface area contributed by atoms with Gasteiger partial charge >= 0.3 is 5.97 Å². The van der Waals surface area contributed by atoms with E-state index in [2.05, 4.69) is 0 Å². The van der Waals surface area contributed by atoms with Gasteiger partial charge in [0.05, 0.1) is 24.7 Å². The summed E-state index contributed by atoms with van der Waals surface area (Å²) in [5, 5.41) is 8.75. The highest BCUT2D eigenvalue weighted by molar-refractivity contribution is 5.68. The van der Waals surface area contributed by atoms with Crippen LogP contribution in [0.4, 0.5) is 0 Å². The summed E-state index contributed by atoms with van der Waals surface area (Å²) in [6, 6.07) is 0. The van der Waals surface area contributed by atoms with Crippen molar-refractivity contribution >= 4 is 5.97 Å². The van der Waals surface area contributed by atoms with E-state index >= 15 is 0 Å². The van der Waals surface area contributed by atoms with Crippen molar-refractivity contribution in [1.82, 2.24) is 0 Å². The second-order valence-corrected chi connectivity index (χ2v) is 3.99. The molecule has 1 fully saturated rings. The third-order valence-corrected chi connectivity index (χ3v) is 2.59. The molecule has 0 spiro atoms. The Kier molecular flexibility index (Phi) is 3.89. The molecular weight excluding hydrogens is 184 g/mol. The van der Waals surface area contributed by atoms with Gasteiger partial charge in [-0.2, -0.15) is 0 Å². The average Bonchev–Trinajstić information content (AvgIpc) is 1.99. The van der Waals surface area contributed by atoms with Gasteiger partial charge in [-0.3, -0.25) is 4.79 Å². The van der Waals surface area contributed by atoms with Gasteiger partial charge in [-0.15, -0.1) is 0 Å². The molecule has 0 aromatic rings. The molecule has 82 valence electrons. The summed E-state index contributed by atoms with van der Waals surface area (Å²) < 4.78 is 10.7. The van der Waals surface area contributed by atoms with Crippen molar-refractivity contribution in [2.75, 3.05) is 13.7 Å². The molecule has 0 aromatic heterocycles. The van der Waals surface area contributed by atoms with Crippen LogP contribution in [0, 0.1) is 0 Å². The Morgan fingerprint density at radius 3 is 2.57 bits per heavy atom. The summed E-state index contributed by atoms with van der Waals surface area (Å²) in [7, 11) is 1.62. The minimum absolute atomic E-state index is 0.0281. The molecule has 1 unspecified atom stereocenters. The zero-order valence-corrected chi connectivity index (χ0v) is 8.78. The van der Waals surface area contributed by atoms with Crippen LogP contribution in [0.3, 0.4) is 0 Å². The Bertz CT molecular complexity index is 198. The van der Waals surface area contributed by atoms with Crippen LogP contribution < -0.4 is 0 Å². The number of hydrogen-bond donors (Lipinski definition) is 1. The summed E-state index contributed by atoms with van der Waals surface area (Å²) in [5.41, 5.74) is -0.413. The number of carboxylic acids is 1. The van der Waals surface area contributed by atoms with Gasteiger partial charge in [-0.1, -0.05) is 0 Å². The maximum Gasteiger partial charge on any atom is 0.306 e. The third kappa shape index (κ3) is 2.96. The summed E-state index contributed by atoms with van der Waals surface area (Å²) in [4.78, 5) is 10.6. The molecule has 14 heavy (non-hydrogen) atoms. The number of ether oxygens (including phenoxy) is 2. The van der Waals surface area contributed by atoms with Crippen LogP contribution in [0.1, 0.15) is 32.6 Å². The van der Waals surface area contributed by atoms with Gasteiger partial charge in [0, 0.05) is 7.11 Å². The maximum absolute atomic E-state index is 10.6. The number of hydrogen-bond acceptors (Lipinski definition) is 3. The highest BCUT2D eigenvalue weighted by Crippen LogP contribution is 2.39. The van der Waals surface area contributed by atoms with Crippen molar-refractivity contribution in [1.29, 1.82) is 0 Å². The Morgan fingerprint density at radius 1 is 1.57 bits per heavy atom. The highest BCUT2D eigenvalue weighted by atomic mass is 16.5. The monoisotopic (exact) mass is 202 g/mol. The zero-order chi connectivity index (χ0) is 10.6. The van der Waals surface area contributed by atoms with Gasteiger partial charge in [0.25, 0.3) is 0 Å². The van der Waals surface area contributed by atoms with Crippen molar-refractivity contribution < 1.29 is 19.4 Å². The molecule has 0 amide bonds. The summed E-state index contributed by atoms with van der Waals surface area (Å²) in [6.45, 7) is 2.42. The van der Waals surface area contributed by atoms with Gasteiger partial charge in [-0.05, 0) is 26.2 Å². The lowest BCUT2D eigenvalue weighted by Gasteiger charge is -2.42. The third-order valence-electron chi connectivity index (χ3n) is 2.59. The zero-order valence-electron chi connectivity index (χ0n) is 8.78. The Morgan fingerprint density at radius 2 is 2.21 bits per heavy atom. The Hall–Kier alpha value is -0.610. The summed E-state index contributed by atoms with van der Waals surface area (Å²) in [5.74, 6) is -0.783. The van der Waals surface area contributed by atoms with E-state index in [-0.39, 0.29) is 12.5 Å². The fourth-order valence-electron chi connectivity index (χ4n) is 1.88. The average molecular weight is 202 g/mol. The van der Waals surface area contributed by atoms with Crippen molar-refractivity contribution in [2.45, 2.75) is 44.3 Å². The van der Waals surface area contributed by atoms with Crippen molar-refractivity contribution in [3.05, 3.63) is 0 Å². The van der Waals surface area contributed by atoms with Crippen LogP contribution in [0.5, 0.6) is 0 Å². The number of methoxy groups -OCH3 is 1. The SMILES string of the molecule is COCC(C)OC1(CC(=O)O)CCC1. The fourth-order valence-corrected chi connectivity index (χ4v) is 1.88. The molecule has 1 atom stereocenters. The molecule has 0 radical (unpaired) electrons. The normalized spacial score (nSPS) is 21.3. The van der Waals surface area contributed by atoms with Gasteiger partial charge in [0.15, 0.2) is 0 Å². The largest absolute Gasteiger partial charge is 0.481 e. The molecule has 1 aliphatic carbocycles. The molecule has 0 saturated heterocycles. The van der Waals surface area contributed by atoms with Crippen LogP contribution in [0.15, 0.2) is 0 Å². The first-order chi connectivity index (χ1) is 6.58. The van der Waals surface area contributed by atoms with E-state index in [4.69, 9.17) is 14.6 Å². The van der Waals surface area contributed by atoms with Crippen LogP contribution >= 0.6 is 0 Å². The number of carboxylic acid groups (broad SMARTS) is 1. The highest BCUT2D eigenvalue weighted by Gasteiger charge is 2.41. The standard InChI is InChI=1S/C10H18O4/c1-8(7-13-2)14-10(4-3-5-10)6-9(11)12/h8H,3-7H2,1-2H3,(H,11,12). The molecule has 1 aliphatic rings. The first-order valence-electron chi connectivity index (χ1n) is 4.96. The van der Waals surface area contributed by atoms with Gasteiger partial charge < -0.3 is 14.6 Å². The number of rotatable bonds is 6. The van der Waals surface area contributed by atoms with Crippen LogP contribution in [0.25, 0.3) is 0 Å². The molecule has 1 N–H and O–H groups in total. The lowest BCUT2D eigenvalue weighted by Crippen LogP contribution is -2.45. The number of carbonyl (C=O) groups is 1. The minimum Gasteiger partial charge on any atom is -0.481 e. The van der Waals surface area contributed by atoms with Gasteiger partial charge in [0.2, 0.25) is 0 Å². The van der Waals surface area contributed by atoms with Gasteiger partial charge in [-0.25, -0.2) is 0 Å². The van der Waals surface area contributed by atoms with Gasteiger partial charge in [0.1, 0.15) is 0 Å². The second-order valence-electron chi connectivity index (χ2n) is 3.99. The van der Waals surface area contributed by atoms with E-state index in [1.807, 2.05) is 6.92 Å². The molecule has 0 aliphatic heterocycles. The Balaban J connectivity index is 2.40. The molecule has 0 bridgehead atoms. The van der Waals surface area contributed by atoms with E-state index in [0.29, 0.717) is 6.61 Å². The predicted octanol–water partition coefficient (Wildman–Crippen LogP) is 1.44. The number of aliphatic carboxylic acids is 1. The summed E-state index contributed by atoms with van der Waals surface area (Å²) in [6.07, 6.45) is 2.86. The molecule has 4 heteroatoms. The van der Waals surface area contributed by atoms with Crippen LogP contribution in [-0.2, 0) is 14.3 Å². The van der Waals surface area contributed by atoms with Crippen molar-refractivity contribution in [2.24, 2.45) is 0 Å². The fraction of sp³-hybridized carbons (Fsp3) is 0.900. The van der Waals surface area contributed by atoms with Crippen molar-refractivity contribution in [3.63, 3.8) is 0 Å². The molecule has 0 aromatic carbocycles. The lowest BCUT2D eigenvalue weighted by molar-refractivity contribution is -0.170. The summed E-state index contributed by atoms with van der Waals surface area (Å²) >= 11 is 0. The first kappa shape index (κ1) is 11.5. The topological polar surface area (TPSA) is 55.8 Å². The Labute approximate surface area is 84.2 Å². The van der Waals surface area contributed by atoms with E-state index in [0.717, 1.165) is 19.3 Å². The second kappa shape index (κ2) is 4.75. The van der Waals surface area contributed by atoms with E-state index in [1.54, 1.807) is 7.11 Å². The van der Waals surface area contributed by atoms with E-state index < -0.39 is 11.6 Å². The van der Waals surface area contributed by atoms with E-state index in [9.17, 15) is 4.79 Å². The smallest absolute Gasteiger partial charge is 0.306 e. The molecule has 1 rings (SSSR count). The molecule has 1 saturated carbocycles. The minimum atomic E-state index is -0.783.